The minimum Gasteiger partial charge on any atom is -0.374 e. The molecule has 56 valence electrons. The summed E-state index contributed by atoms with van der Waals surface area (Å²) in [6, 6.07) is 1.83. The Labute approximate surface area is 60.7 Å². The average molecular weight is 140 g/mol. The molecule has 0 amide bonds. The van der Waals surface area contributed by atoms with Crippen LogP contribution in [0.1, 0.15) is 19.8 Å². The standard InChI is InChI=1S/C7H12N2O/c1-6-7(10,5-8)3-2-4-9-6/h6,9-10H,2-4H2,1H3. The van der Waals surface area contributed by atoms with Gasteiger partial charge in [-0.1, -0.05) is 0 Å². The van der Waals surface area contributed by atoms with Gasteiger partial charge in [-0.2, -0.15) is 5.26 Å². The lowest BCUT2D eigenvalue weighted by Gasteiger charge is -2.32. The molecule has 1 rings (SSSR count). The van der Waals surface area contributed by atoms with E-state index in [9.17, 15) is 5.11 Å². The Balaban J connectivity index is 2.65. The van der Waals surface area contributed by atoms with Crippen LogP contribution in [0.3, 0.4) is 0 Å². The third-order valence-corrected chi connectivity index (χ3v) is 2.10. The maximum atomic E-state index is 9.52. The van der Waals surface area contributed by atoms with Crippen molar-refractivity contribution in [3.8, 4) is 6.07 Å². The molecule has 2 N–H and O–H groups in total. The van der Waals surface area contributed by atoms with Gasteiger partial charge in [0.1, 0.15) is 0 Å². The number of aliphatic hydroxyl groups is 1. The van der Waals surface area contributed by atoms with Gasteiger partial charge in [-0.25, -0.2) is 0 Å². The second-order valence-electron chi connectivity index (χ2n) is 2.82. The third kappa shape index (κ3) is 1.13. The summed E-state index contributed by atoms with van der Waals surface area (Å²) in [5.74, 6) is 0. The Morgan fingerprint density at radius 2 is 2.50 bits per heavy atom. The Hall–Kier alpha value is -0.590. The van der Waals surface area contributed by atoms with Crippen LogP contribution >= 0.6 is 0 Å². The van der Waals surface area contributed by atoms with Crippen molar-refractivity contribution in [3.05, 3.63) is 0 Å². The Morgan fingerprint density at radius 1 is 1.80 bits per heavy atom. The molecule has 0 radical (unpaired) electrons. The van der Waals surface area contributed by atoms with Gasteiger partial charge in [0.15, 0.2) is 5.60 Å². The Morgan fingerprint density at radius 3 is 2.90 bits per heavy atom. The molecule has 2 atom stereocenters. The van der Waals surface area contributed by atoms with E-state index >= 15 is 0 Å². The molecule has 0 aromatic rings. The maximum Gasteiger partial charge on any atom is 0.165 e. The maximum absolute atomic E-state index is 9.52. The second kappa shape index (κ2) is 2.57. The molecule has 0 saturated carbocycles. The summed E-state index contributed by atoms with van der Waals surface area (Å²) in [4.78, 5) is 0. The molecular weight excluding hydrogens is 128 g/mol. The van der Waals surface area contributed by atoms with Crippen LogP contribution in [0, 0.1) is 11.3 Å². The zero-order chi connectivity index (χ0) is 7.61. The van der Waals surface area contributed by atoms with Gasteiger partial charge in [0, 0.05) is 6.04 Å². The molecule has 0 aliphatic carbocycles. The smallest absolute Gasteiger partial charge is 0.165 e. The molecule has 3 nitrogen and oxygen atoms in total. The fourth-order valence-electron chi connectivity index (χ4n) is 1.21. The Kier molecular flexibility index (Phi) is 1.93. The van der Waals surface area contributed by atoms with Crippen molar-refractivity contribution in [3.63, 3.8) is 0 Å². The quantitative estimate of drug-likeness (QED) is 0.466. The monoisotopic (exact) mass is 140 g/mol. The zero-order valence-electron chi connectivity index (χ0n) is 6.09. The van der Waals surface area contributed by atoms with Gasteiger partial charge in [-0.15, -0.1) is 0 Å². The third-order valence-electron chi connectivity index (χ3n) is 2.10. The summed E-state index contributed by atoms with van der Waals surface area (Å²) in [6.45, 7) is 2.74. The van der Waals surface area contributed by atoms with Crippen molar-refractivity contribution in [1.29, 1.82) is 5.26 Å². The molecule has 2 unspecified atom stereocenters. The first-order valence-corrected chi connectivity index (χ1v) is 3.56. The Bertz CT molecular complexity index is 163. The predicted octanol–water partition coefficient (Wildman–Crippen LogP) is 0.0130. The first-order chi connectivity index (χ1) is 4.69. The van der Waals surface area contributed by atoms with Gasteiger partial charge >= 0.3 is 0 Å². The van der Waals surface area contributed by atoms with Crippen LogP contribution in [-0.4, -0.2) is 23.3 Å². The van der Waals surface area contributed by atoms with Crippen LogP contribution in [0.25, 0.3) is 0 Å². The normalized spacial score (nSPS) is 40.7. The molecular formula is C7H12N2O. The first-order valence-electron chi connectivity index (χ1n) is 3.56. The van der Waals surface area contributed by atoms with Crippen molar-refractivity contribution in [2.45, 2.75) is 31.4 Å². The predicted molar refractivity (Wildman–Crippen MR) is 37.3 cm³/mol. The lowest BCUT2D eigenvalue weighted by molar-refractivity contribution is 0.0352. The van der Waals surface area contributed by atoms with E-state index in [0.717, 1.165) is 13.0 Å². The molecule has 3 heteroatoms. The molecule has 0 aromatic carbocycles. The van der Waals surface area contributed by atoms with Gasteiger partial charge in [0.25, 0.3) is 0 Å². The van der Waals surface area contributed by atoms with Crippen LogP contribution in [0.2, 0.25) is 0 Å². The molecule has 1 saturated heterocycles. The van der Waals surface area contributed by atoms with E-state index in [2.05, 4.69) is 5.32 Å². The van der Waals surface area contributed by atoms with Crippen LogP contribution in [-0.2, 0) is 0 Å². The summed E-state index contributed by atoms with van der Waals surface area (Å²) >= 11 is 0. The van der Waals surface area contributed by atoms with E-state index in [4.69, 9.17) is 5.26 Å². The fourth-order valence-corrected chi connectivity index (χ4v) is 1.21. The highest BCUT2D eigenvalue weighted by Gasteiger charge is 2.35. The number of rotatable bonds is 0. The number of hydrogen-bond acceptors (Lipinski definition) is 3. The van der Waals surface area contributed by atoms with E-state index in [1.54, 1.807) is 0 Å². The number of nitriles is 1. The number of nitrogens with one attached hydrogen (secondary N) is 1. The van der Waals surface area contributed by atoms with Crippen LogP contribution in [0.4, 0.5) is 0 Å². The van der Waals surface area contributed by atoms with E-state index in [-0.39, 0.29) is 6.04 Å². The minimum absolute atomic E-state index is 0.0914. The summed E-state index contributed by atoms with van der Waals surface area (Å²) in [6.07, 6.45) is 1.48. The second-order valence-corrected chi connectivity index (χ2v) is 2.82. The van der Waals surface area contributed by atoms with Crippen molar-refractivity contribution in [2.24, 2.45) is 0 Å². The molecule has 0 bridgehead atoms. The zero-order valence-corrected chi connectivity index (χ0v) is 6.09. The number of hydrogen-bond donors (Lipinski definition) is 2. The lowest BCUT2D eigenvalue weighted by atomic mass is 9.88. The highest BCUT2D eigenvalue weighted by Crippen LogP contribution is 2.19. The molecule has 10 heavy (non-hydrogen) atoms. The highest BCUT2D eigenvalue weighted by molar-refractivity contribution is 5.08. The summed E-state index contributed by atoms with van der Waals surface area (Å²) in [5, 5.41) is 21.2. The molecule has 1 aliphatic heterocycles. The van der Waals surface area contributed by atoms with Gasteiger partial charge < -0.3 is 10.4 Å². The van der Waals surface area contributed by atoms with Gasteiger partial charge in [-0.05, 0) is 26.3 Å². The number of nitrogens with zero attached hydrogens (tertiary/aromatic N) is 1. The van der Waals surface area contributed by atoms with Gasteiger partial charge in [0.2, 0.25) is 0 Å². The van der Waals surface area contributed by atoms with Crippen LogP contribution < -0.4 is 5.32 Å². The molecule has 1 aliphatic rings. The lowest BCUT2D eigenvalue weighted by Crippen LogP contribution is -2.52. The summed E-state index contributed by atoms with van der Waals surface area (Å²) < 4.78 is 0. The average Bonchev–Trinajstić information content (AvgIpc) is 1.96. The summed E-state index contributed by atoms with van der Waals surface area (Å²) in [5.41, 5.74) is -1.13. The van der Waals surface area contributed by atoms with Crippen molar-refractivity contribution >= 4 is 0 Å². The van der Waals surface area contributed by atoms with E-state index in [1.807, 2.05) is 13.0 Å². The molecule has 0 spiro atoms. The van der Waals surface area contributed by atoms with Crippen molar-refractivity contribution < 1.29 is 5.11 Å². The SMILES string of the molecule is CC1NCCCC1(O)C#N. The highest BCUT2D eigenvalue weighted by atomic mass is 16.3. The van der Waals surface area contributed by atoms with Crippen molar-refractivity contribution in [2.75, 3.05) is 6.54 Å². The van der Waals surface area contributed by atoms with Gasteiger partial charge in [-0.3, -0.25) is 0 Å². The first kappa shape index (κ1) is 7.52. The van der Waals surface area contributed by atoms with E-state index in [0.29, 0.717) is 6.42 Å². The van der Waals surface area contributed by atoms with Crippen molar-refractivity contribution in [1.82, 2.24) is 5.32 Å². The summed E-state index contributed by atoms with van der Waals surface area (Å²) in [7, 11) is 0. The van der Waals surface area contributed by atoms with Crippen LogP contribution in [0.15, 0.2) is 0 Å². The molecule has 0 aromatic heterocycles. The largest absolute Gasteiger partial charge is 0.374 e. The van der Waals surface area contributed by atoms with Gasteiger partial charge in [0.05, 0.1) is 6.07 Å². The number of piperidine rings is 1. The van der Waals surface area contributed by atoms with E-state index < -0.39 is 5.60 Å². The van der Waals surface area contributed by atoms with Crippen LogP contribution in [0.5, 0.6) is 0 Å². The molecule has 1 heterocycles. The molecule has 1 fully saturated rings. The topological polar surface area (TPSA) is 56.0 Å². The minimum atomic E-state index is -1.13. The van der Waals surface area contributed by atoms with E-state index in [1.165, 1.54) is 0 Å². The fraction of sp³-hybridized carbons (Fsp3) is 0.857.